The van der Waals surface area contributed by atoms with Crippen LogP contribution in [0.4, 0.5) is 0 Å². The van der Waals surface area contributed by atoms with E-state index in [1.807, 2.05) is 18.2 Å². The largest absolute Gasteiger partial charge is 0.504 e. The number of aromatic hydroxyl groups is 3. The molecule has 0 bridgehead atoms. The number of benzene rings is 2. The molecule has 1 aliphatic heterocycles. The van der Waals surface area contributed by atoms with Gasteiger partial charge in [-0.1, -0.05) is 30.3 Å². The molecule has 0 aliphatic carbocycles. The van der Waals surface area contributed by atoms with Crippen molar-refractivity contribution >= 4 is 11.6 Å². The van der Waals surface area contributed by atoms with Crippen LogP contribution in [-0.2, 0) is 6.54 Å². The number of carbonyl (C=O) groups is 1. The molecule has 136 valence electrons. The molecule has 3 rings (SSSR count). The van der Waals surface area contributed by atoms with Gasteiger partial charge in [-0.15, -0.1) is 0 Å². The Morgan fingerprint density at radius 1 is 1.04 bits per heavy atom. The number of carbonyl (C=O) groups excluding carboxylic acids is 1. The molecule has 2 aromatic rings. The molecule has 4 N–H and O–H groups in total. The number of amides is 1. The molecular formula is C19H21N3O4. The maximum atomic E-state index is 12.1. The molecule has 7 nitrogen and oxygen atoms in total. The number of nitrogens with zero attached hydrogens (tertiary/aromatic N) is 2. The van der Waals surface area contributed by atoms with Crippen molar-refractivity contribution in [3.63, 3.8) is 0 Å². The van der Waals surface area contributed by atoms with Crippen LogP contribution in [0.15, 0.2) is 47.6 Å². The summed E-state index contributed by atoms with van der Waals surface area (Å²) in [6, 6.07) is 12.4. The van der Waals surface area contributed by atoms with Gasteiger partial charge in [-0.05, 0) is 17.7 Å². The Balaban J connectivity index is 1.53. The van der Waals surface area contributed by atoms with Crippen molar-refractivity contribution in [3.05, 3.63) is 53.6 Å². The number of hydrogen-bond acceptors (Lipinski definition) is 6. The zero-order valence-corrected chi connectivity index (χ0v) is 14.2. The van der Waals surface area contributed by atoms with Gasteiger partial charge in [0.05, 0.1) is 0 Å². The Hall–Kier alpha value is -3.06. The second-order valence-electron chi connectivity index (χ2n) is 6.24. The first kappa shape index (κ1) is 17.8. The first-order chi connectivity index (χ1) is 12.5. The molecule has 1 aliphatic rings. The van der Waals surface area contributed by atoms with Gasteiger partial charge in [0.1, 0.15) is 0 Å². The van der Waals surface area contributed by atoms with Crippen molar-refractivity contribution in [3.8, 4) is 17.2 Å². The summed E-state index contributed by atoms with van der Waals surface area (Å²) in [6.07, 6.45) is 1.53. The molecule has 0 aromatic heterocycles. The van der Waals surface area contributed by atoms with E-state index >= 15 is 0 Å². The zero-order chi connectivity index (χ0) is 18.5. The van der Waals surface area contributed by atoms with Gasteiger partial charge in [-0.25, -0.2) is 5.43 Å². The van der Waals surface area contributed by atoms with Crippen LogP contribution in [0.5, 0.6) is 17.2 Å². The second-order valence-corrected chi connectivity index (χ2v) is 6.24. The van der Waals surface area contributed by atoms with Gasteiger partial charge in [0.15, 0.2) is 17.2 Å². The summed E-state index contributed by atoms with van der Waals surface area (Å²) in [5, 5.41) is 32.4. The molecule has 0 radical (unpaired) electrons. The fourth-order valence-electron chi connectivity index (χ4n) is 2.85. The van der Waals surface area contributed by atoms with E-state index < -0.39 is 23.2 Å². The summed E-state index contributed by atoms with van der Waals surface area (Å²) in [5.74, 6) is -2.33. The Morgan fingerprint density at radius 3 is 2.27 bits per heavy atom. The number of nitrogens with one attached hydrogen (secondary N) is 1. The molecule has 0 atom stereocenters. The van der Waals surface area contributed by atoms with Crippen molar-refractivity contribution in [2.45, 2.75) is 19.4 Å². The van der Waals surface area contributed by atoms with Crippen LogP contribution >= 0.6 is 0 Å². The monoisotopic (exact) mass is 355 g/mol. The molecule has 1 amide bonds. The molecular weight excluding hydrogens is 334 g/mol. The van der Waals surface area contributed by atoms with Gasteiger partial charge in [-0.3, -0.25) is 9.69 Å². The van der Waals surface area contributed by atoms with Crippen LogP contribution in [0.25, 0.3) is 0 Å². The van der Waals surface area contributed by atoms with Crippen molar-refractivity contribution in [1.82, 2.24) is 10.3 Å². The molecule has 26 heavy (non-hydrogen) atoms. The van der Waals surface area contributed by atoms with Crippen LogP contribution in [0.3, 0.4) is 0 Å². The maximum Gasteiger partial charge on any atom is 0.271 e. The lowest BCUT2D eigenvalue weighted by Gasteiger charge is -2.27. The molecule has 0 spiro atoms. The normalized spacial score (nSPS) is 14.8. The summed E-state index contributed by atoms with van der Waals surface area (Å²) in [7, 11) is 0. The molecule has 1 heterocycles. The lowest BCUT2D eigenvalue weighted by atomic mass is 10.1. The topological polar surface area (TPSA) is 105 Å². The highest BCUT2D eigenvalue weighted by molar-refractivity contribution is 5.96. The van der Waals surface area contributed by atoms with E-state index in [1.54, 1.807) is 0 Å². The number of likely N-dealkylation sites (tertiary alicyclic amines) is 1. The van der Waals surface area contributed by atoms with E-state index in [-0.39, 0.29) is 5.56 Å². The minimum absolute atomic E-state index is 0.0173. The average molecular weight is 355 g/mol. The molecule has 2 aromatic carbocycles. The molecule has 1 fully saturated rings. The van der Waals surface area contributed by atoms with Gasteiger partial charge in [0, 0.05) is 43.8 Å². The maximum absolute atomic E-state index is 12.1. The van der Waals surface area contributed by atoms with E-state index in [4.69, 9.17) is 0 Å². The van der Waals surface area contributed by atoms with Gasteiger partial charge in [-0.2, -0.15) is 5.10 Å². The third-order valence-electron chi connectivity index (χ3n) is 4.33. The number of piperidine rings is 1. The second kappa shape index (κ2) is 7.88. The summed E-state index contributed by atoms with van der Waals surface area (Å²) < 4.78 is 0. The Bertz CT molecular complexity index is 788. The minimum Gasteiger partial charge on any atom is -0.504 e. The lowest BCUT2D eigenvalue weighted by molar-refractivity contribution is 0.0953. The number of rotatable bonds is 4. The van der Waals surface area contributed by atoms with Gasteiger partial charge < -0.3 is 15.3 Å². The predicted octanol–water partition coefficient (Wildman–Crippen LogP) is 2.19. The number of hydrazone groups is 1. The van der Waals surface area contributed by atoms with Crippen LogP contribution in [0, 0.1) is 0 Å². The Labute approximate surface area is 151 Å². The van der Waals surface area contributed by atoms with E-state index in [0.717, 1.165) is 50.3 Å². The van der Waals surface area contributed by atoms with E-state index in [1.165, 1.54) is 5.56 Å². The number of phenolic OH excluding ortho intramolecular Hbond substituents is 3. The van der Waals surface area contributed by atoms with Crippen molar-refractivity contribution < 1.29 is 20.1 Å². The van der Waals surface area contributed by atoms with Crippen molar-refractivity contribution in [2.75, 3.05) is 13.1 Å². The summed E-state index contributed by atoms with van der Waals surface area (Å²) in [4.78, 5) is 14.4. The third-order valence-corrected chi connectivity index (χ3v) is 4.33. The van der Waals surface area contributed by atoms with Gasteiger partial charge in [0.2, 0.25) is 0 Å². The predicted molar refractivity (Wildman–Crippen MR) is 97.3 cm³/mol. The van der Waals surface area contributed by atoms with Crippen LogP contribution in [-0.4, -0.2) is 44.9 Å². The van der Waals surface area contributed by atoms with Crippen LogP contribution in [0.1, 0.15) is 28.8 Å². The Morgan fingerprint density at radius 2 is 1.65 bits per heavy atom. The van der Waals surface area contributed by atoms with Crippen molar-refractivity contribution in [2.24, 2.45) is 5.10 Å². The number of phenols is 3. The summed E-state index contributed by atoms with van der Waals surface area (Å²) >= 11 is 0. The molecule has 0 unspecified atom stereocenters. The highest BCUT2D eigenvalue weighted by Gasteiger charge is 2.17. The fourth-order valence-corrected chi connectivity index (χ4v) is 2.85. The van der Waals surface area contributed by atoms with E-state index in [9.17, 15) is 20.1 Å². The quantitative estimate of drug-likeness (QED) is 0.497. The fraction of sp³-hybridized carbons (Fsp3) is 0.263. The van der Waals surface area contributed by atoms with Gasteiger partial charge >= 0.3 is 0 Å². The lowest BCUT2D eigenvalue weighted by Crippen LogP contribution is -2.34. The first-order valence-electron chi connectivity index (χ1n) is 8.40. The third kappa shape index (κ3) is 4.31. The SMILES string of the molecule is O=C(NN=C1CCN(Cc2ccccc2)CC1)c1cc(O)c(O)c(O)c1. The van der Waals surface area contributed by atoms with E-state index in [2.05, 4.69) is 27.6 Å². The van der Waals surface area contributed by atoms with Gasteiger partial charge in [0.25, 0.3) is 5.91 Å². The van der Waals surface area contributed by atoms with Crippen LogP contribution < -0.4 is 5.43 Å². The summed E-state index contributed by atoms with van der Waals surface area (Å²) in [6.45, 7) is 2.63. The zero-order valence-electron chi connectivity index (χ0n) is 14.2. The highest BCUT2D eigenvalue weighted by Crippen LogP contribution is 2.35. The standard InChI is InChI=1S/C19H21N3O4/c23-16-10-14(11-17(24)18(16)25)19(26)21-20-15-6-8-22(9-7-15)12-13-4-2-1-3-5-13/h1-5,10-11,23-25H,6-9,12H2,(H,21,26). The first-order valence-corrected chi connectivity index (χ1v) is 8.40. The summed E-state index contributed by atoms with van der Waals surface area (Å²) in [5.41, 5.74) is 4.62. The molecule has 0 saturated carbocycles. The smallest absolute Gasteiger partial charge is 0.271 e. The average Bonchev–Trinajstić information content (AvgIpc) is 2.65. The highest BCUT2D eigenvalue weighted by atomic mass is 16.3. The van der Waals surface area contributed by atoms with Crippen molar-refractivity contribution in [1.29, 1.82) is 0 Å². The minimum atomic E-state index is -0.654. The molecule has 1 saturated heterocycles. The number of hydrogen-bond donors (Lipinski definition) is 4. The van der Waals surface area contributed by atoms with Crippen LogP contribution in [0.2, 0.25) is 0 Å². The Kier molecular flexibility index (Phi) is 5.38. The van der Waals surface area contributed by atoms with E-state index in [0.29, 0.717) is 0 Å². The molecule has 7 heteroatoms.